The Kier molecular flexibility index (Phi) is 5.68. The summed E-state index contributed by atoms with van der Waals surface area (Å²) in [4.78, 5) is 28.7. The maximum atomic E-state index is 12.4. The van der Waals surface area contributed by atoms with E-state index in [1.54, 1.807) is 18.2 Å². The van der Waals surface area contributed by atoms with Crippen molar-refractivity contribution in [1.29, 1.82) is 0 Å². The van der Waals surface area contributed by atoms with Gasteiger partial charge in [0, 0.05) is 11.7 Å². The largest absolute Gasteiger partial charge is 0.348 e. The normalized spacial score (nSPS) is 11.7. The topological polar surface area (TPSA) is 71.1 Å². The Bertz CT molecular complexity index is 736. The van der Waals surface area contributed by atoms with E-state index < -0.39 is 0 Å². The molecule has 5 nitrogen and oxygen atoms in total. The van der Waals surface area contributed by atoms with E-state index in [1.807, 2.05) is 45.9 Å². The number of amides is 2. The van der Waals surface area contributed by atoms with Crippen LogP contribution in [0.4, 0.5) is 5.69 Å². The summed E-state index contributed by atoms with van der Waals surface area (Å²) in [5.41, 5.74) is 3.31. The Morgan fingerprint density at radius 1 is 1.04 bits per heavy atom. The fraction of sp³-hybridized carbons (Fsp3) is 0.316. The first-order valence-corrected chi connectivity index (χ1v) is 8.06. The zero-order valence-corrected chi connectivity index (χ0v) is 14.5. The van der Waals surface area contributed by atoms with Gasteiger partial charge in [-0.15, -0.1) is 0 Å². The lowest BCUT2D eigenvalue weighted by Gasteiger charge is -2.11. The number of nitrogens with one attached hydrogen (secondary N) is 2. The minimum absolute atomic E-state index is 0.0621. The Hall–Kier alpha value is -2.69. The smallest absolute Gasteiger partial charge is 0.274 e. The zero-order chi connectivity index (χ0) is 17.7. The van der Waals surface area contributed by atoms with E-state index >= 15 is 0 Å². The molecule has 2 aromatic rings. The van der Waals surface area contributed by atoms with Crippen LogP contribution in [0.15, 0.2) is 36.4 Å². The minimum Gasteiger partial charge on any atom is -0.348 e. The van der Waals surface area contributed by atoms with E-state index in [9.17, 15) is 9.59 Å². The number of aromatic nitrogens is 1. The number of aryl methyl sites for hydroxylation is 2. The summed E-state index contributed by atoms with van der Waals surface area (Å²) >= 11 is 0. The predicted molar refractivity (Wildman–Crippen MR) is 95.3 cm³/mol. The second-order valence-corrected chi connectivity index (χ2v) is 6.02. The van der Waals surface area contributed by atoms with E-state index in [4.69, 9.17) is 0 Å². The molecule has 0 aliphatic rings. The monoisotopic (exact) mass is 325 g/mol. The Labute approximate surface area is 142 Å². The van der Waals surface area contributed by atoms with Gasteiger partial charge in [-0.25, -0.2) is 4.98 Å². The van der Waals surface area contributed by atoms with Gasteiger partial charge in [0.15, 0.2) is 0 Å². The number of hydrogen-bond acceptors (Lipinski definition) is 3. The third-order valence-corrected chi connectivity index (χ3v) is 3.68. The Morgan fingerprint density at radius 2 is 1.62 bits per heavy atom. The average Bonchev–Trinajstić information content (AvgIpc) is 2.53. The molecule has 1 aromatic carbocycles. The number of benzene rings is 1. The lowest BCUT2D eigenvalue weighted by molar-refractivity contribution is 0.0934. The van der Waals surface area contributed by atoms with Crippen LogP contribution in [0.2, 0.25) is 0 Å². The van der Waals surface area contributed by atoms with Gasteiger partial charge in [-0.3, -0.25) is 9.59 Å². The molecule has 0 bridgehead atoms. The van der Waals surface area contributed by atoms with Crippen LogP contribution in [0, 0.1) is 13.8 Å². The summed E-state index contributed by atoms with van der Waals surface area (Å²) in [6.45, 7) is 7.86. The lowest BCUT2D eigenvalue weighted by Crippen LogP contribution is -2.32. The van der Waals surface area contributed by atoms with Crippen LogP contribution in [0.5, 0.6) is 0 Å². The molecular weight excluding hydrogens is 302 g/mol. The van der Waals surface area contributed by atoms with Gasteiger partial charge >= 0.3 is 0 Å². The number of hydrogen-bond donors (Lipinski definition) is 2. The minimum atomic E-state index is -0.335. The van der Waals surface area contributed by atoms with Crippen molar-refractivity contribution in [2.45, 2.75) is 40.2 Å². The van der Waals surface area contributed by atoms with Crippen molar-refractivity contribution in [3.8, 4) is 0 Å². The third kappa shape index (κ3) is 4.65. The Balaban J connectivity index is 2.15. The fourth-order valence-electron chi connectivity index (χ4n) is 2.33. The highest BCUT2D eigenvalue weighted by molar-refractivity contribution is 6.04. The number of carbonyl (C=O) groups is 2. The van der Waals surface area contributed by atoms with Crippen LogP contribution >= 0.6 is 0 Å². The summed E-state index contributed by atoms with van der Waals surface area (Å²) in [6.07, 6.45) is 0.832. The molecule has 0 spiro atoms. The third-order valence-electron chi connectivity index (χ3n) is 3.68. The molecule has 0 saturated heterocycles. The number of pyridine rings is 1. The summed E-state index contributed by atoms with van der Waals surface area (Å²) in [7, 11) is 0. The standard InChI is InChI=1S/C19H23N3O2/c1-5-14(4)20-18(23)16-7-6-8-17(22-16)19(24)21-15-10-12(2)9-13(3)11-15/h6-11,14H,5H2,1-4H3,(H,20,23)(H,21,24). The van der Waals surface area contributed by atoms with E-state index in [-0.39, 0.29) is 29.2 Å². The molecule has 2 rings (SSSR count). The molecule has 0 fully saturated rings. The van der Waals surface area contributed by atoms with Gasteiger partial charge in [0.25, 0.3) is 11.8 Å². The van der Waals surface area contributed by atoms with Crippen LogP contribution in [0.1, 0.15) is 52.4 Å². The molecule has 1 aromatic heterocycles. The first-order chi connectivity index (χ1) is 11.4. The second-order valence-electron chi connectivity index (χ2n) is 6.02. The molecule has 5 heteroatoms. The van der Waals surface area contributed by atoms with E-state index in [0.29, 0.717) is 5.69 Å². The maximum absolute atomic E-state index is 12.4. The SMILES string of the molecule is CCC(C)NC(=O)c1cccc(C(=O)Nc2cc(C)cc(C)c2)n1. The average molecular weight is 325 g/mol. The zero-order valence-electron chi connectivity index (χ0n) is 14.5. The molecule has 2 N–H and O–H groups in total. The molecule has 0 radical (unpaired) electrons. The highest BCUT2D eigenvalue weighted by Gasteiger charge is 2.14. The van der Waals surface area contributed by atoms with E-state index in [0.717, 1.165) is 17.5 Å². The van der Waals surface area contributed by atoms with Gasteiger partial charge in [-0.05, 0) is 62.6 Å². The van der Waals surface area contributed by atoms with Gasteiger partial charge in [0.05, 0.1) is 0 Å². The van der Waals surface area contributed by atoms with Crippen LogP contribution < -0.4 is 10.6 Å². The molecule has 1 heterocycles. The van der Waals surface area contributed by atoms with Crippen molar-refractivity contribution in [1.82, 2.24) is 10.3 Å². The van der Waals surface area contributed by atoms with Crippen molar-refractivity contribution >= 4 is 17.5 Å². The summed E-state index contributed by atoms with van der Waals surface area (Å²) in [5, 5.41) is 5.67. The molecule has 24 heavy (non-hydrogen) atoms. The summed E-state index contributed by atoms with van der Waals surface area (Å²) in [5.74, 6) is -0.608. The van der Waals surface area contributed by atoms with Crippen LogP contribution in [0.3, 0.4) is 0 Å². The number of carbonyl (C=O) groups excluding carboxylic acids is 2. The van der Waals surface area contributed by atoms with Gasteiger partial charge in [-0.1, -0.05) is 19.1 Å². The highest BCUT2D eigenvalue weighted by atomic mass is 16.2. The lowest BCUT2D eigenvalue weighted by atomic mass is 10.1. The van der Waals surface area contributed by atoms with Crippen molar-refractivity contribution < 1.29 is 9.59 Å². The van der Waals surface area contributed by atoms with Gasteiger partial charge in [-0.2, -0.15) is 0 Å². The highest BCUT2D eigenvalue weighted by Crippen LogP contribution is 2.14. The first-order valence-electron chi connectivity index (χ1n) is 8.06. The van der Waals surface area contributed by atoms with Crippen molar-refractivity contribution in [3.05, 3.63) is 58.9 Å². The van der Waals surface area contributed by atoms with Gasteiger partial charge in [0.1, 0.15) is 11.4 Å². The molecule has 126 valence electrons. The Morgan fingerprint density at radius 3 is 2.21 bits per heavy atom. The molecule has 0 aliphatic carbocycles. The van der Waals surface area contributed by atoms with Crippen molar-refractivity contribution in [2.24, 2.45) is 0 Å². The number of rotatable bonds is 5. The van der Waals surface area contributed by atoms with Gasteiger partial charge < -0.3 is 10.6 Å². The maximum Gasteiger partial charge on any atom is 0.274 e. The fourth-order valence-corrected chi connectivity index (χ4v) is 2.33. The first kappa shape index (κ1) is 17.7. The van der Waals surface area contributed by atoms with Crippen LogP contribution in [0.25, 0.3) is 0 Å². The molecule has 1 unspecified atom stereocenters. The molecule has 1 atom stereocenters. The molecule has 0 aliphatic heterocycles. The second kappa shape index (κ2) is 7.73. The quantitative estimate of drug-likeness (QED) is 0.884. The van der Waals surface area contributed by atoms with Crippen molar-refractivity contribution in [3.63, 3.8) is 0 Å². The molecule has 2 amide bonds. The number of anilines is 1. The molecular formula is C19H23N3O2. The van der Waals surface area contributed by atoms with E-state index in [2.05, 4.69) is 15.6 Å². The summed E-state index contributed by atoms with van der Waals surface area (Å²) in [6, 6.07) is 10.7. The summed E-state index contributed by atoms with van der Waals surface area (Å²) < 4.78 is 0. The van der Waals surface area contributed by atoms with Crippen LogP contribution in [-0.2, 0) is 0 Å². The van der Waals surface area contributed by atoms with Gasteiger partial charge in [0.2, 0.25) is 0 Å². The van der Waals surface area contributed by atoms with Crippen LogP contribution in [-0.4, -0.2) is 22.8 Å². The molecule has 0 saturated carbocycles. The van der Waals surface area contributed by atoms with E-state index in [1.165, 1.54) is 0 Å². The number of nitrogens with zero attached hydrogens (tertiary/aromatic N) is 1. The predicted octanol–water partition coefficient (Wildman–Crippen LogP) is 3.48. The van der Waals surface area contributed by atoms with Crippen molar-refractivity contribution in [2.75, 3.05) is 5.32 Å².